The summed E-state index contributed by atoms with van der Waals surface area (Å²) in [6.07, 6.45) is 0.365. The second kappa shape index (κ2) is 7.64. The molecule has 1 unspecified atom stereocenters. The van der Waals surface area contributed by atoms with Crippen molar-refractivity contribution in [2.45, 2.75) is 45.1 Å². The smallest absolute Gasteiger partial charge is 0.319 e. The molecule has 3 rings (SSSR count). The number of hydrogen-bond donors (Lipinski definition) is 1. The Labute approximate surface area is 176 Å². The number of carbonyl (C=O) groups is 3. The Morgan fingerprint density at radius 2 is 1.62 bits per heavy atom. The van der Waals surface area contributed by atoms with Crippen LogP contribution in [0, 0.1) is 0 Å². The summed E-state index contributed by atoms with van der Waals surface area (Å²) in [4.78, 5) is 39.5. The van der Waals surface area contributed by atoms with Crippen LogP contribution in [0.25, 0.3) is 0 Å². The van der Waals surface area contributed by atoms with Crippen molar-refractivity contribution in [2.24, 2.45) is 0 Å². The zero-order valence-electron chi connectivity index (χ0n) is 17.1. The number of rotatable bonds is 5. The van der Waals surface area contributed by atoms with Crippen molar-refractivity contribution < 1.29 is 14.4 Å². The molecule has 0 aliphatic carbocycles. The van der Waals surface area contributed by atoms with Crippen LogP contribution in [0.15, 0.2) is 48.5 Å². The molecule has 1 N–H and O–H groups in total. The SMILES string of the molecule is CCC1(c2ccc(Cl)cc2)NC(=O)N(CC(=O)c2ccc(C(C)(C)C)cc2)C1=O. The van der Waals surface area contributed by atoms with Gasteiger partial charge in [-0.25, -0.2) is 4.79 Å². The van der Waals surface area contributed by atoms with Crippen LogP contribution in [-0.4, -0.2) is 29.2 Å². The third-order valence-electron chi connectivity index (χ3n) is 5.42. The fraction of sp³-hybridized carbons (Fsp3) is 0.348. The second-order valence-electron chi connectivity index (χ2n) is 8.34. The molecule has 0 bridgehead atoms. The van der Waals surface area contributed by atoms with Crippen molar-refractivity contribution >= 4 is 29.3 Å². The summed E-state index contributed by atoms with van der Waals surface area (Å²) in [5, 5.41) is 3.32. The summed E-state index contributed by atoms with van der Waals surface area (Å²) in [7, 11) is 0. The minimum Gasteiger partial charge on any atom is -0.319 e. The summed E-state index contributed by atoms with van der Waals surface area (Å²) in [5.41, 5.74) is 1.02. The van der Waals surface area contributed by atoms with Crippen LogP contribution in [0.5, 0.6) is 0 Å². The van der Waals surface area contributed by atoms with Crippen molar-refractivity contribution in [1.82, 2.24) is 10.2 Å². The summed E-state index contributed by atoms with van der Waals surface area (Å²) in [6.45, 7) is 7.81. The Bertz CT molecular complexity index is 946. The van der Waals surface area contributed by atoms with Gasteiger partial charge in [0.05, 0.1) is 6.54 Å². The minimum atomic E-state index is -1.18. The van der Waals surface area contributed by atoms with Gasteiger partial charge in [-0.2, -0.15) is 0 Å². The molecular formula is C23H25ClN2O3. The van der Waals surface area contributed by atoms with E-state index in [-0.39, 0.29) is 17.7 Å². The first-order chi connectivity index (χ1) is 13.6. The molecule has 0 spiro atoms. The monoisotopic (exact) mass is 412 g/mol. The standard InChI is InChI=1S/C23H25ClN2O3/c1-5-23(17-10-12-18(24)13-11-17)20(28)26(21(29)25-23)14-19(27)15-6-8-16(9-7-15)22(2,3)4/h6-13H,5,14H2,1-4H3,(H,25,29). The molecule has 1 heterocycles. The number of nitrogens with zero attached hydrogens (tertiary/aromatic N) is 1. The van der Waals surface area contributed by atoms with E-state index in [9.17, 15) is 14.4 Å². The summed E-state index contributed by atoms with van der Waals surface area (Å²) >= 11 is 5.95. The first-order valence-electron chi connectivity index (χ1n) is 9.62. The maximum atomic E-state index is 13.2. The predicted molar refractivity (Wildman–Crippen MR) is 113 cm³/mol. The van der Waals surface area contributed by atoms with E-state index in [1.807, 2.05) is 19.1 Å². The Balaban J connectivity index is 1.82. The normalized spacial score (nSPS) is 19.4. The van der Waals surface area contributed by atoms with Gasteiger partial charge in [0.2, 0.25) is 0 Å². The van der Waals surface area contributed by atoms with Gasteiger partial charge in [0.15, 0.2) is 5.78 Å². The van der Waals surface area contributed by atoms with Crippen LogP contribution in [-0.2, 0) is 15.7 Å². The van der Waals surface area contributed by atoms with E-state index in [1.165, 1.54) is 0 Å². The van der Waals surface area contributed by atoms with E-state index in [0.29, 0.717) is 22.6 Å². The highest BCUT2D eigenvalue weighted by molar-refractivity contribution is 6.30. The molecule has 2 aromatic carbocycles. The molecular weight excluding hydrogens is 388 g/mol. The number of imide groups is 1. The van der Waals surface area contributed by atoms with Gasteiger partial charge in [0.25, 0.3) is 5.91 Å². The summed E-state index contributed by atoms with van der Waals surface area (Å²) < 4.78 is 0. The van der Waals surface area contributed by atoms with Crippen molar-refractivity contribution in [1.29, 1.82) is 0 Å². The predicted octanol–water partition coefficient (Wildman–Crippen LogP) is 4.68. The maximum absolute atomic E-state index is 13.2. The Morgan fingerprint density at radius 1 is 1.03 bits per heavy atom. The molecule has 0 radical (unpaired) electrons. The van der Waals surface area contributed by atoms with Gasteiger partial charge in [-0.1, -0.05) is 75.7 Å². The van der Waals surface area contributed by atoms with Gasteiger partial charge in [-0.3, -0.25) is 14.5 Å². The van der Waals surface area contributed by atoms with E-state index < -0.39 is 17.5 Å². The number of ketones is 1. The van der Waals surface area contributed by atoms with Crippen LogP contribution >= 0.6 is 11.6 Å². The molecule has 1 aliphatic rings. The fourth-order valence-corrected chi connectivity index (χ4v) is 3.66. The van der Waals surface area contributed by atoms with E-state index >= 15 is 0 Å². The highest BCUT2D eigenvalue weighted by Crippen LogP contribution is 2.33. The van der Waals surface area contributed by atoms with Gasteiger partial charge < -0.3 is 5.32 Å². The first kappa shape index (κ1) is 21.1. The Morgan fingerprint density at radius 3 is 2.14 bits per heavy atom. The lowest BCUT2D eigenvalue weighted by molar-refractivity contribution is -0.131. The first-order valence-corrected chi connectivity index (χ1v) is 10.00. The number of nitrogens with one attached hydrogen (secondary N) is 1. The average Bonchev–Trinajstić information content (AvgIpc) is 2.93. The highest BCUT2D eigenvalue weighted by Gasteiger charge is 2.51. The minimum absolute atomic E-state index is 0.0221. The van der Waals surface area contributed by atoms with Gasteiger partial charge >= 0.3 is 6.03 Å². The van der Waals surface area contributed by atoms with Gasteiger partial charge in [0, 0.05) is 10.6 Å². The molecule has 3 amide bonds. The lowest BCUT2D eigenvalue weighted by atomic mass is 9.86. The third-order valence-corrected chi connectivity index (χ3v) is 5.67. The van der Waals surface area contributed by atoms with Gasteiger partial charge in [-0.05, 0) is 35.1 Å². The van der Waals surface area contributed by atoms with E-state index in [4.69, 9.17) is 11.6 Å². The zero-order chi connectivity index (χ0) is 21.4. The quantitative estimate of drug-likeness (QED) is 0.572. The van der Waals surface area contributed by atoms with Crippen LogP contribution in [0.2, 0.25) is 5.02 Å². The molecule has 5 nitrogen and oxygen atoms in total. The molecule has 1 atom stereocenters. The van der Waals surface area contributed by atoms with Gasteiger partial charge in [-0.15, -0.1) is 0 Å². The molecule has 0 saturated carbocycles. The number of carbonyl (C=O) groups excluding carboxylic acids is 3. The van der Waals surface area contributed by atoms with Crippen LogP contribution in [0.1, 0.15) is 55.6 Å². The zero-order valence-corrected chi connectivity index (χ0v) is 17.8. The Hall–Kier alpha value is -2.66. The number of halogens is 1. The van der Waals surface area contributed by atoms with Crippen LogP contribution in [0.4, 0.5) is 4.79 Å². The van der Waals surface area contributed by atoms with E-state index in [0.717, 1.165) is 10.5 Å². The molecule has 6 heteroatoms. The molecule has 1 fully saturated rings. The fourth-order valence-electron chi connectivity index (χ4n) is 3.53. The number of amides is 3. The van der Waals surface area contributed by atoms with Crippen LogP contribution < -0.4 is 5.32 Å². The number of Topliss-reactive ketones (excluding diaryl/α,β-unsaturated/α-hetero) is 1. The van der Waals surface area contributed by atoms with Crippen molar-refractivity contribution in [3.63, 3.8) is 0 Å². The summed E-state index contributed by atoms with van der Waals surface area (Å²) in [6, 6.07) is 13.5. The van der Waals surface area contributed by atoms with E-state index in [1.54, 1.807) is 36.4 Å². The lowest BCUT2D eigenvalue weighted by Crippen LogP contribution is -2.43. The third kappa shape index (κ3) is 3.92. The molecule has 152 valence electrons. The summed E-state index contributed by atoms with van der Waals surface area (Å²) in [5.74, 6) is -0.705. The molecule has 2 aromatic rings. The average molecular weight is 413 g/mol. The molecule has 0 aromatic heterocycles. The van der Waals surface area contributed by atoms with Crippen LogP contribution in [0.3, 0.4) is 0 Å². The number of urea groups is 1. The van der Waals surface area contributed by atoms with Crippen molar-refractivity contribution in [3.8, 4) is 0 Å². The van der Waals surface area contributed by atoms with E-state index in [2.05, 4.69) is 26.1 Å². The Kier molecular flexibility index (Phi) is 5.54. The van der Waals surface area contributed by atoms with Crippen molar-refractivity contribution in [3.05, 3.63) is 70.2 Å². The number of benzene rings is 2. The highest BCUT2D eigenvalue weighted by atomic mass is 35.5. The van der Waals surface area contributed by atoms with Crippen molar-refractivity contribution in [2.75, 3.05) is 6.54 Å². The van der Waals surface area contributed by atoms with Gasteiger partial charge in [0.1, 0.15) is 5.54 Å². The molecule has 1 aliphatic heterocycles. The number of hydrogen-bond acceptors (Lipinski definition) is 3. The topological polar surface area (TPSA) is 66.5 Å². The second-order valence-corrected chi connectivity index (χ2v) is 8.77. The lowest BCUT2D eigenvalue weighted by Gasteiger charge is -2.25. The maximum Gasteiger partial charge on any atom is 0.325 e. The molecule has 29 heavy (non-hydrogen) atoms. The largest absolute Gasteiger partial charge is 0.325 e. The molecule has 1 saturated heterocycles.